The molecule has 0 unspecified atom stereocenters. The van der Waals surface area contributed by atoms with Crippen LogP contribution in [0.4, 0.5) is 10.6 Å². The number of hydrogen-bond donors (Lipinski definition) is 4. The Morgan fingerprint density at radius 1 is 1.53 bits per heavy atom. The van der Waals surface area contributed by atoms with Crippen molar-refractivity contribution in [2.24, 2.45) is 0 Å². The van der Waals surface area contributed by atoms with Crippen molar-refractivity contribution in [2.45, 2.75) is 19.9 Å². The molecule has 0 aromatic carbocycles. The van der Waals surface area contributed by atoms with Gasteiger partial charge in [0.1, 0.15) is 5.69 Å². The first kappa shape index (κ1) is 11.0. The van der Waals surface area contributed by atoms with Gasteiger partial charge in [0.15, 0.2) is 5.82 Å². The molecule has 0 fully saturated rings. The van der Waals surface area contributed by atoms with Gasteiger partial charge in [0, 0.05) is 12.1 Å². The second-order valence-corrected chi connectivity index (χ2v) is 3.23. The molecule has 1 heterocycles. The van der Waals surface area contributed by atoms with E-state index in [2.05, 4.69) is 20.8 Å². The second kappa shape index (κ2) is 4.45. The second-order valence-electron chi connectivity index (χ2n) is 3.23. The third kappa shape index (κ3) is 3.29. The van der Waals surface area contributed by atoms with Gasteiger partial charge in [-0.05, 0) is 13.8 Å². The molecule has 0 radical (unpaired) electrons. The van der Waals surface area contributed by atoms with Crippen molar-refractivity contribution in [3.8, 4) is 0 Å². The first-order valence-corrected chi connectivity index (χ1v) is 4.35. The van der Waals surface area contributed by atoms with Gasteiger partial charge in [-0.1, -0.05) is 0 Å². The van der Waals surface area contributed by atoms with Gasteiger partial charge in [-0.15, -0.1) is 0 Å². The van der Waals surface area contributed by atoms with Gasteiger partial charge in [0.2, 0.25) is 0 Å². The van der Waals surface area contributed by atoms with Crippen molar-refractivity contribution < 1.29 is 14.7 Å². The molecule has 0 aliphatic carbocycles. The third-order valence-corrected chi connectivity index (χ3v) is 1.47. The van der Waals surface area contributed by atoms with E-state index in [4.69, 9.17) is 5.11 Å². The molecule has 0 bridgehead atoms. The van der Waals surface area contributed by atoms with Gasteiger partial charge in [-0.3, -0.25) is 10.4 Å². The number of carbonyl (C=O) groups excluding carboxylic acids is 1. The molecule has 1 aromatic heterocycles. The molecule has 15 heavy (non-hydrogen) atoms. The summed E-state index contributed by atoms with van der Waals surface area (Å²) < 4.78 is 0. The molecule has 2 amide bonds. The molecule has 1 aromatic rings. The standard InChI is InChI=1S/C8H12N4O3/c1-4(2)9-8(15)10-6-3-5(7(13)14)11-12-6/h3-4H,1-2H3,(H,13,14)(H3,9,10,11,12,15). The van der Waals surface area contributed by atoms with E-state index < -0.39 is 12.0 Å². The zero-order chi connectivity index (χ0) is 11.4. The molecule has 0 saturated carbocycles. The smallest absolute Gasteiger partial charge is 0.353 e. The maximum absolute atomic E-state index is 11.2. The minimum Gasteiger partial charge on any atom is -0.477 e. The summed E-state index contributed by atoms with van der Waals surface area (Å²) in [4.78, 5) is 21.7. The van der Waals surface area contributed by atoms with Crippen LogP contribution in [0.2, 0.25) is 0 Å². The van der Waals surface area contributed by atoms with Crippen molar-refractivity contribution >= 4 is 17.8 Å². The first-order chi connectivity index (χ1) is 6.99. The van der Waals surface area contributed by atoms with Crippen LogP contribution in [0.15, 0.2) is 6.07 Å². The number of aromatic nitrogens is 2. The van der Waals surface area contributed by atoms with E-state index in [1.54, 1.807) is 0 Å². The fourth-order valence-corrected chi connectivity index (χ4v) is 0.910. The van der Waals surface area contributed by atoms with Crippen molar-refractivity contribution in [1.29, 1.82) is 0 Å². The molecule has 0 aliphatic heterocycles. The number of carboxylic acid groups (broad SMARTS) is 1. The van der Waals surface area contributed by atoms with Gasteiger partial charge in [-0.2, -0.15) is 5.10 Å². The van der Waals surface area contributed by atoms with Gasteiger partial charge >= 0.3 is 12.0 Å². The SMILES string of the molecule is CC(C)NC(=O)Nc1cc(C(=O)O)[nH]n1. The highest BCUT2D eigenvalue weighted by Gasteiger charge is 2.09. The van der Waals surface area contributed by atoms with Crippen LogP contribution in [0.1, 0.15) is 24.3 Å². The number of carboxylic acids is 1. The van der Waals surface area contributed by atoms with E-state index in [9.17, 15) is 9.59 Å². The van der Waals surface area contributed by atoms with Crippen LogP contribution in [0.25, 0.3) is 0 Å². The minimum absolute atomic E-state index is 0.00267. The fraction of sp³-hybridized carbons (Fsp3) is 0.375. The summed E-state index contributed by atoms with van der Waals surface area (Å²) in [5.74, 6) is -0.953. The molecular weight excluding hydrogens is 200 g/mol. The number of H-pyrrole nitrogens is 1. The molecule has 1 rings (SSSR count). The van der Waals surface area contributed by atoms with Crippen LogP contribution in [-0.2, 0) is 0 Å². The molecule has 0 atom stereocenters. The number of nitrogens with one attached hydrogen (secondary N) is 3. The van der Waals surface area contributed by atoms with E-state index in [1.807, 2.05) is 13.8 Å². The van der Waals surface area contributed by atoms with Crippen LogP contribution >= 0.6 is 0 Å². The van der Waals surface area contributed by atoms with Crippen LogP contribution in [0.3, 0.4) is 0 Å². The Kier molecular flexibility index (Phi) is 3.27. The maximum Gasteiger partial charge on any atom is 0.353 e. The zero-order valence-corrected chi connectivity index (χ0v) is 8.37. The molecule has 82 valence electrons. The van der Waals surface area contributed by atoms with Gasteiger partial charge < -0.3 is 10.4 Å². The van der Waals surface area contributed by atoms with Gasteiger partial charge in [0.05, 0.1) is 0 Å². The van der Waals surface area contributed by atoms with Crippen LogP contribution < -0.4 is 10.6 Å². The Morgan fingerprint density at radius 3 is 2.67 bits per heavy atom. The maximum atomic E-state index is 11.2. The minimum atomic E-state index is -1.13. The predicted molar refractivity (Wildman–Crippen MR) is 52.8 cm³/mol. The third-order valence-electron chi connectivity index (χ3n) is 1.47. The number of anilines is 1. The average molecular weight is 212 g/mol. The number of urea groups is 1. The number of aromatic carboxylic acids is 1. The molecule has 7 heteroatoms. The average Bonchev–Trinajstić information content (AvgIpc) is 2.50. The molecule has 7 nitrogen and oxygen atoms in total. The van der Waals surface area contributed by atoms with Crippen LogP contribution in [0.5, 0.6) is 0 Å². The quantitative estimate of drug-likeness (QED) is 0.589. The van der Waals surface area contributed by atoms with Crippen LogP contribution in [0, 0.1) is 0 Å². The summed E-state index contributed by atoms with van der Waals surface area (Å²) in [5, 5.41) is 19.4. The summed E-state index contributed by atoms with van der Waals surface area (Å²) in [7, 11) is 0. The Balaban J connectivity index is 2.57. The van der Waals surface area contributed by atoms with E-state index in [0.29, 0.717) is 0 Å². The van der Waals surface area contributed by atoms with Crippen molar-refractivity contribution in [1.82, 2.24) is 15.5 Å². The molecule has 0 aliphatic rings. The number of aromatic amines is 1. The summed E-state index contributed by atoms with van der Waals surface area (Å²) in [6, 6.07) is 0.818. The first-order valence-electron chi connectivity index (χ1n) is 4.35. The number of hydrogen-bond acceptors (Lipinski definition) is 3. The molecular formula is C8H12N4O3. The molecule has 0 spiro atoms. The van der Waals surface area contributed by atoms with Crippen molar-refractivity contribution in [3.63, 3.8) is 0 Å². The highest BCUT2D eigenvalue weighted by Crippen LogP contribution is 2.04. The van der Waals surface area contributed by atoms with Crippen molar-refractivity contribution in [3.05, 3.63) is 11.8 Å². The largest absolute Gasteiger partial charge is 0.477 e. The van der Waals surface area contributed by atoms with E-state index in [-0.39, 0.29) is 17.6 Å². The predicted octanol–water partition coefficient (Wildman–Crippen LogP) is 0.638. The molecule has 0 saturated heterocycles. The van der Waals surface area contributed by atoms with E-state index >= 15 is 0 Å². The number of rotatable bonds is 3. The van der Waals surface area contributed by atoms with Gasteiger partial charge in [0.25, 0.3) is 0 Å². The highest BCUT2D eigenvalue weighted by molar-refractivity contribution is 5.91. The fourth-order valence-electron chi connectivity index (χ4n) is 0.910. The van der Waals surface area contributed by atoms with Crippen LogP contribution in [-0.4, -0.2) is 33.3 Å². The Bertz CT molecular complexity index is 372. The summed E-state index contributed by atoms with van der Waals surface area (Å²) in [6.45, 7) is 3.62. The van der Waals surface area contributed by atoms with E-state index in [0.717, 1.165) is 0 Å². The summed E-state index contributed by atoms with van der Waals surface area (Å²) >= 11 is 0. The lowest BCUT2D eigenvalue weighted by atomic mass is 10.4. The monoisotopic (exact) mass is 212 g/mol. The Hall–Kier alpha value is -2.05. The lowest BCUT2D eigenvalue weighted by Crippen LogP contribution is -2.34. The number of carbonyl (C=O) groups is 2. The van der Waals surface area contributed by atoms with Crippen molar-refractivity contribution in [2.75, 3.05) is 5.32 Å². The Labute approximate surface area is 85.9 Å². The lowest BCUT2D eigenvalue weighted by Gasteiger charge is -2.07. The molecule has 4 N–H and O–H groups in total. The van der Waals surface area contributed by atoms with Gasteiger partial charge in [-0.25, -0.2) is 9.59 Å². The van der Waals surface area contributed by atoms with E-state index in [1.165, 1.54) is 6.07 Å². The lowest BCUT2D eigenvalue weighted by molar-refractivity contribution is 0.0690. The number of nitrogens with zero attached hydrogens (tertiary/aromatic N) is 1. The topological polar surface area (TPSA) is 107 Å². The zero-order valence-electron chi connectivity index (χ0n) is 8.37. The summed E-state index contributed by atoms with van der Waals surface area (Å²) in [5.41, 5.74) is -0.0742. The highest BCUT2D eigenvalue weighted by atomic mass is 16.4. The normalized spacial score (nSPS) is 10.1. The Morgan fingerprint density at radius 2 is 2.20 bits per heavy atom. The number of amides is 2. The summed E-state index contributed by atoms with van der Waals surface area (Å²) in [6.07, 6.45) is 0.